The van der Waals surface area contributed by atoms with Gasteiger partial charge in [-0.15, -0.1) is 11.3 Å². The van der Waals surface area contributed by atoms with E-state index in [0.29, 0.717) is 9.83 Å². The highest BCUT2D eigenvalue weighted by Gasteiger charge is 2.28. The molecule has 1 aliphatic carbocycles. The lowest BCUT2D eigenvalue weighted by molar-refractivity contribution is 0.0692. The van der Waals surface area contributed by atoms with Crippen molar-refractivity contribution in [3.8, 4) is 10.4 Å². The molecule has 5 heteroatoms. The van der Waals surface area contributed by atoms with E-state index in [2.05, 4.69) is 27.0 Å². The van der Waals surface area contributed by atoms with E-state index in [4.69, 9.17) is 0 Å². The van der Waals surface area contributed by atoms with Gasteiger partial charge in [0, 0.05) is 0 Å². The molecule has 0 aliphatic heterocycles. The average Bonchev–Trinajstić information content (AvgIpc) is 3.12. The van der Waals surface area contributed by atoms with Crippen LogP contribution in [0.2, 0.25) is 0 Å². The number of carbonyl (C=O) groups is 1. The van der Waals surface area contributed by atoms with Crippen LogP contribution in [-0.2, 0) is 0 Å². The lowest BCUT2D eigenvalue weighted by Gasteiger charge is -2.06. The molecule has 1 aromatic carbocycles. The van der Waals surface area contributed by atoms with Gasteiger partial charge in [0.25, 0.3) is 0 Å². The van der Waals surface area contributed by atoms with Crippen molar-refractivity contribution in [2.24, 2.45) is 0 Å². The van der Waals surface area contributed by atoms with Gasteiger partial charge >= 0.3 is 5.97 Å². The first-order chi connectivity index (χ1) is 8.66. The van der Waals surface area contributed by atoms with E-state index in [-0.39, 0.29) is 5.69 Å². The van der Waals surface area contributed by atoms with Crippen LogP contribution in [0.1, 0.15) is 34.8 Å². The van der Waals surface area contributed by atoms with Gasteiger partial charge in [-0.25, -0.2) is 9.78 Å². The number of benzene rings is 1. The van der Waals surface area contributed by atoms with Gasteiger partial charge in [0.2, 0.25) is 0 Å². The van der Waals surface area contributed by atoms with E-state index in [1.54, 1.807) is 0 Å². The number of halogens is 1. The minimum atomic E-state index is -0.974. The Labute approximate surface area is 117 Å². The maximum atomic E-state index is 11.2. The second kappa shape index (κ2) is 4.48. The lowest BCUT2D eigenvalue weighted by Crippen LogP contribution is -1.99. The van der Waals surface area contributed by atoms with E-state index in [1.807, 2.05) is 18.2 Å². The molecule has 1 aromatic heterocycles. The molecule has 1 aliphatic rings. The molecule has 0 spiro atoms. The molecule has 1 N–H and O–H groups in total. The Kier molecular flexibility index (Phi) is 2.95. The average molecular weight is 324 g/mol. The Bertz CT molecular complexity index is 619. The zero-order valence-corrected chi connectivity index (χ0v) is 11.8. The molecule has 92 valence electrons. The highest BCUT2D eigenvalue weighted by Crippen LogP contribution is 2.46. The van der Waals surface area contributed by atoms with Crippen LogP contribution in [0.4, 0.5) is 0 Å². The molecular weight excluding hydrogens is 314 g/mol. The summed E-state index contributed by atoms with van der Waals surface area (Å²) in [5.74, 6) is -0.388. The second-order valence-corrected chi connectivity index (χ2v) is 6.59. The molecule has 0 bridgehead atoms. The van der Waals surface area contributed by atoms with Crippen LogP contribution >= 0.6 is 27.3 Å². The van der Waals surface area contributed by atoms with Crippen LogP contribution in [0.5, 0.6) is 0 Å². The largest absolute Gasteiger partial charge is 0.476 e. The summed E-state index contributed by atoms with van der Waals surface area (Å²) in [5.41, 5.74) is 2.40. The fourth-order valence-electron chi connectivity index (χ4n) is 2.08. The van der Waals surface area contributed by atoms with Crippen molar-refractivity contribution in [1.82, 2.24) is 4.98 Å². The van der Waals surface area contributed by atoms with Crippen molar-refractivity contribution in [2.75, 3.05) is 0 Å². The second-order valence-electron chi connectivity index (χ2n) is 4.31. The summed E-state index contributed by atoms with van der Waals surface area (Å²) in [6.45, 7) is 0. The van der Waals surface area contributed by atoms with Crippen molar-refractivity contribution in [3.05, 3.63) is 39.4 Å². The van der Waals surface area contributed by atoms with Gasteiger partial charge < -0.3 is 5.11 Å². The standard InChI is InChI=1S/C13H10BrNO2S/c14-13-15-10(12(16)17)11(18-13)9-4-2-1-3-8(9)7-5-6-7/h1-4,7H,5-6H2,(H,16,17). The number of carboxylic acids is 1. The number of rotatable bonds is 3. The molecule has 2 aromatic rings. The van der Waals surface area contributed by atoms with Gasteiger partial charge in [-0.2, -0.15) is 0 Å². The topological polar surface area (TPSA) is 50.2 Å². The fourth-order valence-corrected chi connectivity index (χ4v) is 3.57. The normalized spacial score (nSPS) is 14.7. The molecular formula is C13H10BrNO2S. The first-order valence-electron chi connectivity index (χ1n) is 5.65. The number of hydrogen-bond donors (Lipinski definition) is 1. The Balaban J connectivity index is 2.17. The van der Waals surface area contributed by atoms with E-state index in [0.717, 1.165) is 10.4 Å². The molecule has 0 unspecified atom stereocenters. The first-order valence-corrected chi connectivity index (χ1v) is 7.26. The SMILES string of the molecule is O=C(O)c1nc(Br)sc1-c1ccccc1C1CC1. The van der Waals surface area contributed by atoms with Crippen LogP contribution in [0, 0.1) is 0 Å². The summed E-state index contributed by atoms with van der Waals surface area (Å²) in [6, 6.07) is 8.03. The zero-order chi connectivity index (χ0) is 12.7. The minimum Gasteiger partial charge on any atom is -0.476 e. The fraction of sp³-hybridized carbons (Fsp3) is 0.231. The van der Waals surface area contributed by atoms with Crippen molar-refractivity contribution in [3.63, 3.8) is 0 Å². The van der Waals surface area contributed by atoms with Gasteiger partial charge in [0.05, 0.1) is 4.88 Å². The van der Waals surface area contributed by atoms with Crippen molar-refractivity contribution >= 4 is 33.2 Å². The number of thiazole rings is 1. The number of aromatic nitrogens is 1. The predicted molar refractivity (Wildman–Crippen MR) is 74.2 cm³/mol. The molecule has 0 radical (unpaired) electrons. The number of aromatic carboxylic acids is 1. The predicted octanol–water partition coefficient (Wildman–Crippen LogP) is 4.15. The third kappa shape index (κ3) is 2.08. The summed E-state index contributed by atoms with van der Waals surface area (Å²) >= 11 is 4.65. The quantitative estimate of drug-likeness (QED) is 0.923. The van der Waals surface area contributed by atoms with Crippen molar-refractivity contribution in [2.45, 2.75) is 18.8 Å². The number of nitrogens with zero attached hydrogens (tertiary/aromatic N) is 1. The summed E-state index contributed by atoms with van der Waals surface area (Å²) in [7, 11) is 0. The minimum absolute atomic E-state index is 0.139. The Morgan fingerprint density at radius 2 is 2.11 bits per heavy atom. The Morgan fingerprint density at radius 1 is 1.39 bits per heavy atom. The van der Waals surface area contributed by atoms with Crippen LogP contribution in [0.25, 0.3) is 10.4 Å². The van der Waals surface area contributed by atoms with Gasteiger partial charge in [-0.05, 0) is 45.8 Å². The Morgan fingerprint density at radius 3 is 2.78 bits per heavy atom. The van der Waals surface area contributed by atoms with E-state index >= 15 is 0 Å². The van der Waals surface area contributed by atoms with Gasteiger partial charge in [-0.1, -0.05) is 24.3 Å². The maximum absolute atomic E-state index is 11.2. The lowest BCUT2D eigenvalue weighted by atomic mass is 10.0. The van der Waals surface area contributed by atoms with E-state index in [9.17, 15) is 9.90 Å². The monoisotopic (exact) mass is 323 g/mol. The molecule has 1 saturated carbocycles. The first kappa shape index (κ1) is 11.9. The number of carboxylic acid groups (broad SMARTS) is 1. The van der Waals surface area contributed by atoms with E-state index < -0.39 is 5.97 Å². The summed E-state index contributed by atoms with van der Waals surface area (Å²) < 4.78 is 0.612. The summed E-state index contributed by atoms with van der Waals surface area (Å²) in [4.78, 5) is 16.0. The van der Waals surface area contributed by atoms with Crippen LogP contribution in [-0.4, -0.2) is 16.1 Å². The molecule has 0 saturated heterocycles. The third-order valence-corrected chi connectivity index (χ3v) is 4.57. The van der Waals surface area contributed by atoms with Gasteiger partial charge in [0.15, 0.2) is 9.61 Å². The molecule has 1 fully saturated rings. The number of hydrogen-bond acceptors (Lipinski definition) is 3. The zero-order valence-electron chi connectivity index (χ0n) is 9.39. The van der Waals surface area contributed by atoms with Crippen molar-refractivity contribution < 1.29 is 9.90 Å². The molecule has 0 atom stereocenters. The van der Waals surface area contributed by atoms with E-state index in [1.165, 1.54) is 29.7 Å². The van der Waals surface area contributed by atoms with Crippen LogP contribution in [0.3, 0.4) is 0 Å². The van der Waals surface area contributed by atoms with Gasteiger partial charge in [-0.3, -0.25) is 0 Å². The summed E-state index contributed by atoms with van der Waals surface area (Å²) in [5, 5.41) is 9.21. The molecule has 1 heterocycles. The molecule has 3 rings (SSSR count). The molecule has 3 nitrogen and oxygen atoms in total. The maximum Gasteiger partial charge on any atom is 0.356 e. The van der Waals surface area contributed by atoms with Crippen molar-refractivity contribution in [1.29, 1.82) is 0 Å². The van der Waals surface area contributed by atoms with Crippen LogP contribution in [0.15, 0.2) is 28.2 Å². The third-order valence-electron chi connectivity index (χ3n) is 3.03. The van der Waals surface area contributed by atoms with Gasteiger partial charge in [0.1, 0.15) is 0 Å². The van der Waals surface area contributed by atoms with Crippen LogP contribution < -0.4 is 0 Å². The summed E-state index contributed by atoms with van der Waals surface area (Å²) in [6.07, 6.45) is 2.39. The highest BCUT2D eigenvalue weighted by atomic mass is 79.9. The Hall–Kier alpha value is -1.20. The smallest absolute Gasteiger partial charge is 0.356 e. The highest BCUT2D eigenvalue weighted by molar-refractivity contribution is 9.11. The molecule has 0 amide bonds. The molecule has 18 heavy (non-hydrogen) atoms.